The molecule has 0 aromatic carbocycles. The minimum absolute atomic E-state index is 0.125. The molecular formula is C12H18N2. The molecule has 0 aromatic rings. The van der Waals surface area contributed by atoms with Crippen molar-refractivity contribution < 1.29 is 0 Å². The molecule has 1 atom stereocenters. The Morgan fingerprint density at radius 2 is 2.14 bits per heavy atom. The Balaban J connectivity index is 2.14. The molecule has 1 heterocycles. The monoisotopic (exact) mass is 190 g/mol. The predicted octanol–water partition coefficient (Wildman–Crippen LogP) is 2.24. The van der Waals surface area contributed by atoms with Crippen molar-refractivity contribution in [3.05, 3.63) is 12.2 Å². The Morgan fingerprint density at radius 1 is 1.36 bits per heavy atom. The summed E-state index contributed by atoms with van der Waals surface area (Å²) in [6, 6.07) is 2.57. The lowest BCUT2D eigenvalue weighted by Gasteiger charge is -2.37. The van der Waals surface area contributed by atoms with E-state index >= 15 is 0 Å². The number of nitrogens with one attached hydrogen (secondary N) is 1. The third-order valence-electron chi connectivity index (χ3n) is 3.65. The summed E-state index contributed by atoms with van der Waals surface area (Å²) in [6.07, 6.45) is 10.1. The van der Waals surface area contributed by atoms with Crippen LogP contribution in [-0.2, 0) is 0 Å². The number of nitrogens with zero attached hydrogens (tertiary/aromatic N) is 1. The zero-order valence-corrected chi connectivity index (χ0v) is 8.63. The number of piperidine rings is 1. The maximum atomic E-state index is 9.37. The van der Waals surface area contributed by atoms with Gasteiger partial charge in [-0.05, 0) is 51.1 Å². The molecule has 1 saturated heterocycles. The number of hydrogen-bond donors (Lipinski definition) is 1. The fourth-order valence-corrected chi connectivity index (χ4v) is 2.75. The average Bonchev–Trinajstić information content (AvgIpc) is 2.31. The van der Waals surface area contributed by atoms with E-state index < -0.39 is 0 Å². The zero-order valence-electron chi connectivity index (χ0n) is 8.63. The second-order valence-corrected chi connectivity index (χ2v) is 4.47. The van der Waals surface area contributed by atoms with Crippen LogP contribution < -0.4 is 5.32 Å². The molecule has 2 rings (SSSR count). The molecule has 0 saturated carbocycles. The number of rotatable bonds is 1. The van der Waals surface area contributed by atoms with Crippen molar-refractivity contribution in [3.63, 3.8) is 0 Å². The first-order valence-corrected chi connectivity index (χ1v) is 5.67. The Labute approximate surface area is 86.0 Å². The minimum atomic E-state index is -0.125. The van der Waals surface area contributed by atoms with Crippen LogP contribution in [-0.4, -0.2) is 13.1 Å². The maximum absolute atomic E-state index is 9.37. The van der Waals surface area contributed by atoms with E-state index in [2.05, 4.69) is 23.5 Å². The van der Waals surface area contributed by atoms with Gasteiger partial charge in [0.05, 0.1) is 11.5 Å². The molecule has 0 aromatic heterocycles. The molecule has 1 aliphatic heterocycles. The molecule has 2 nitrogen and oxygen atoms in total. The highest BCUT2D eigenvalue weighted by Crippen LogP contribution is 2.41. The molecule has 2 heteroatoms. The summed E-state index contributed by atoms with van der Waals surface area (Å²) < 4.78 is 0. The van der Waals surface area contributed by atoms with Gasteiger partial charge in [-0.2, -0.15) is 5.26 Å². The summed E-state index contributed by atoms with van der Waals surface area (Å²) >= 11 is 0. The van der Waals surface area contributed by atoms with Gasteiger partial charge in [-0.3, -0.25) is 0 Å². The van der Waals surface area contributed by atoms with E-state index in [1.54, 1.807) is 0 Å². The first-order valence-electron chi connectivity index (χ1n) is 5.67. The van der Waals surface area contributed by atoms with Gasteiger partial charge >= 0.3 is 0 Å². The minimum Gasteiger partial charge on any atom is -0.317 e. The fourth-order valence-electron chi connectivity index (χ4n) is 2.75. The number of nitriles is 1. The highest BCUT2D eigenvalue weighted by atomic mass is 14.9. The van der Waals surface area contributed by atoms with Crippen molar-refractivity contribution >= 4 is 0 Å². The molecule has 1 unspecified atom stereocenters. The van der Waals surface area contributed by atoms with E-state index in [0.717, 1.165) is 38.8 Å². The van der Waals surface area contributed by atoms with Gasteiger partial charge in [0.1, 0.15) is 0 Å². The summed E-state index contributed by atoms with van der Waals surface area (Å²) in [6.45, 7) is 2.17. The van der Waals surface area contributed by atoms with Crippen molar-refractivity contribution in [2.75, 3.05) is 13.1 Å². The van der Waals surface area contributed by atoms with Gasteiger partial charge in [0.15, 0.2) is 0 Å². The smallest absolute Gasteiger partial charge is 0.0782 e. The lowest BCUT2D eigenvalue weighted by Crippen LogP contribution is -2.37. The van der Waals surface area contributed by atoms with Crippen LogP contribution in [0.3, 0.4) is 0 Å². The molecule has 0 bridgehead atoms. The Hall–Kier alpha value is -0.810. The quantitative estimate of drug-likeness (QED) is 0.644. The van der Waals surface area contributed by atoms with Crippen molar-refractivity contribution in [2.24, 2.45) is 11.3 Å². The molecule has 0 spiro atoms. The summed E-state index contributed by atoms with van der Waals surface area (Å²) in [4.78, 5) is 0. The topological polar surface area (TPSA) is 35.8 Å². The molecule has 1 aliphatic carbocycles. The van der Waals surface area contributed by atoms with Crippen molar-refractivity contribution in [2.45, 2.75) is 32.1 Å². The van der Waals surface area contributed by atoms with E-state index in [-0.39, 0.29) is 5.41 Å². The Kier molecular flexibility index (Phi) is 2.88. The van der Waals surface area contributed by atoms with Gasteiger partial charge in [0, 0.05) is 0 Å². The Bertz CT molecular complexity index is 258. The van der Waals surface area contributed by atoms with Crippen LogP contribution in [0.4, 0.5) is 0 Å². The normalized spacial score (nSPS) is 33.9. The van der Waals surface area contributed by atoms with Gasteiger partial charge in [0.25, 0.3) is 0 Å². The standard InChI is InChI=1S/C12H18N2/c13-10-12(6-2-1-3-7-12)11-4-8-14-9-5-11/h2,6,11,14H,1,3-5,7-9H2. The summed E-state index contributed by atoms with van der Waals surface area (Å²) in [5, 5.41) is 12.7. The van der Waals surface area contributed by atoms with Crippen LogP contribution >= 0.6 is 0 Å². The van der Waals surface area contributed by atoms with Crippen LogP contribution in [0.1, 0.15) is 32.1 Å². The number of allylic oxidation sites excluding steroid dienone is 2. The predicted molar refractivity (Wildman–Crippen MR) is 56.6 cm³/mol. The maximum Gasteiger partial charge on any atom is 0.0782 e. The van der Waals surface area contributed by atoms with Crippen molar-refractivity contribution in [1.82, 2.24) is 5.32 Å². The fraction of sp³-hybridized carbons (Fsp3) is 0.750. The van der Waals surface area contributed by atoms with E-state index in [0.29, 0.717) is 5.92 Å². The first kappa shape index (κ1) is 9.73. The van der Waals surface area contributed by atoms with Crippen molar-refractivity contribution in [3.8, 4) is 6.07 Å². The summed E-state index contributed by atoms with van der Waals surface area (Å²) in [7, 11) is 0. The average molecular weight is 190 g/mol. The third kappa shape index (κ3) is 1.69. The lowest BCUT2D eigenvalue weighted by molar-refractivity contribution is 0.215. The molecule has 76 valence electrons. The van der Waals surface area contributed by atoms with E-state index in [4.69, 9.17) is 0 Å². The first-order chi connectivity index (χ1) is 6.87. The molecule has 1 fully saturated rings. The van der Waals surface area contributed by atoms with Gasteiger partial charge < -0.3 is 5.32 Å². The third-order valence-corrected chi connectivity index (χ3v) is 3.65. The van der Waals surface area contributed by atoms with E-state index in [1.165, 1.54) is 6.42 Å². The molecular weight excluding hydrogens is 172 g/mol. The van der Waals surface area contributed by atoms with Gasteiger partial charge in [-0.15, -0.1) is 0 Å². The van der Waals surface area contributed by atoms with Gasteiger partial charge in [0.2, 0.25) is 0 Å². The second kappa shape index (κ2) is 4.14. The van der Waals surface area contributed by atoms with Crippen LogP contribution in [0.5, 0.6) is 0 Å². The second-order valence-electron chi connectivity index (χ2n) is 4.47. The Morgan fingerprint density at radius 3 is 2.71 bits per heavy atom. The van der Waals surface area contributed by atoms with E-state index in [9.17, 15) is 5.26 Å². The lowest BCUT2D eigenvalue weighted by atomic mass is 9.67. The van der Waals surface area contributed by atoms with Crippen LogP contribution in [0, 0.1) is 22.7 Å². The van der Waals surface area contributed by atoms with Gasteiger partial charge in [-0.1, -0.05) is 12.2 Å². The SMILES string of the molecule is N#CC1(C2CCNCC2)C=CCCC1. The van der Waals surface area contributed by atoms with Crippen LogP contribution in [0.2, 0.25) is 0 Å². The van der Waals surface area contributed by atoms with Crippen LogP contribution in [0.15, 0.2) is 12.2 Å². The zero-order chi connectivity index (χ0) is 9.86. The highest BCUT2D eigenvalue weighted by molar-refractivity contribution is 5.18. The van der Waals surface area contributed by atoms with Gasteiger partial charge in [-0.25, -0.2) is 0 Å². The molecule has 2 aliphatic rings. The summed E-state index contributed by atoms with van der Waals surface area (Å²) in [5.74, 6) is 0.588. The molecule has 0 amide bonds. The number of hydrogen-bond acceptors (Lipinski definition) is 2. The van der Waals surface area contributed by atoms with Crippen molar-refractivity contribution in [1.29, 1.82) is 5.26 Å². The highest BCUT2D eigenvalue weighted by Gasteiger charge is 2.37. The van der Waals surface area contributed by atoms with Crippen LogP contribution in [0.25, 0.3) is 0 Å². The molecule has 0 radical (unpaired) electrons. The molecule has 14 heavy (non-hydrogen) atoms. The summed E-state index contributed by atoms with van der Waals surface area (Å²) in [5.41, 5.74) is -0.125. The largest absolute Gasteiger partial charge is 0.317 e. The van der Waals surface area contributed by atoms with E-state index in [1.807, 2.05) is 0 Å². The molecule has 1 N–H and O–H groups in total.